The number of carbonyl (C=O) groups excluding carboxylic acids is 1. The second-order valence-electron chi connectivity index (χ2n) is 3.08. The summed E-state index contributed by atoms with van der Waals surface area (Å²) in [6, 6.07) is 1.41. The second kappa shape index (κ2) is 4.92. The van der Waals surface area contributed by atoms with E-state index < -0.39 is 35.1 Å². The molecule has 0 aromatic heterocycles. The van der Waals surface area contributed by atoms with Crippen molar-refractivity contribution >= 4 is 33.5 Å². The van der Waals surface area contributed by atoms with Crippen molar-refractivity contribution in [2.24, 2.45) is 0 Å². The van der Waals surface area contributed by atoms with Gasteiger partial charge in [-0.1, -0.05) is 0 Å². The van der Waals surface area contributed by atoms with Gasteiger partial charge in [0.25, 0.3) is 0 Å². The monoisotopic (exact) mass is 329 g/mol. The zero-order chi connectivity index (χ0) is 14.1. The molecule has 0 atom stereocenters. The molecular formula is C9H4BrF4NO3. The van der Waals surface area contributed by atoms with E-state index >= 15 is 0 Å². The average Bonchev–Trinajstić information content (AvgIpc) is 2.21. The third-order valence-electron chi connectivity index (χ3n) is 1.77. The standard InChI is InChI=1S/C9H4BrF4NO3/c10-5-2-3(15-8(18)9(12,13)14)1-4(6(5)11)7(16)17/h1-2H,(H,15,18)(H,16,17). The first-order valence-electron chi connectivity index (χ1n) is 4.23. The molecule has 0 saturated carbocycles. The maximum atomic E-state index is 13.2. The second-order valence-corrected chi connectivity index (χ2v) is 3.93. The molecule has 0 aliphatic rings. The molecule has 18 heavy (non-hydrogen) atoms. The van der Waals surface area contributed by atoms with Crippen LogP contribution in [0.5, 0.6) is 0 Å². The van der Waals surface area contributed by atoms with E-state index in [1.54, 1.807) is 0 Å². The van der Waals surface area contributed by atoms with Crippen LogP contribution in [-0.2, 0) is 4.79 Å². The molecule has 0 aliphatic carbocycles. The van der Waals surface area contributed by atoms with Crippen molar-refractivity contribution in [3.8, 4) is 0 Å². The minimum absolute atomic E-state index is 0.375. The number of nitrogens with one attached hydrogen (secondary N) is 1. The maximum absolute atomic E-state index is 13.2. The van der Waals surface area contributed by atoms with Crippen LogP contribution in [0.4, 0.5) is 23.2 Å². The highest BCUT2D eigenvalue weighted by molar-refractivity contribution is 9.10. The molecule has 1 rings (SSSR count). The third-order valence-corrected chi connectivity index (χ3v) is 2.35. The summed E-state index contributed by atoms with van der Waals surface area (Å²) in [5.74, 6) is -5.10. The predicted molar refractivity (Wildman–Crippen MR) is 55.7 cm³/mol. The zero-order valence-corrected chi connectivity index (χ0v) is 9.89. The maximum Gasteiger partial charge on any atom is 0.471 e. The van der Waals surface area contributed by atoms with Crippen LogP contribution in [0.25, 0.3) is 0 Å². The van der Waals surface area contributed by atoms with Gasteiger partial charge in [0.15, 0.2) is 5.82 Å². The highest BCUT2D eigenvalue weighted by Crippen LogP contribution is 2.26. The summed E-state index contributed by atoms with van der Waals surface area (Å²) in [6.07, 6.45) is -5.12. The number of alkyl halides is 3. The molecule has 0 saturated heterocycles. The van der Waals surface area contributed by atoms with E-state index in [-0.39, 0.29) is 4.47 Å². The van der Waals surface area contributed by atoms with Gasteiger partial charge >= 0.3 is 18.1 Å². The van der Waals surface area contributed by atoms with Gasteiger partial charge in [-0.15, -0.1) is 0 Å². The van der Waals surface area contributed by atoms with Gasteiger partial charge in [0, 0.05) is 5.69 Å². The van der Waals surface area contributed by atoms with Gasteiger partial charge in [0.2, 0.25) is 0 Å². The van der Waals surface area contributed by atoms with Crippen molar-refractivity contribution in [3.63, 3.8) is 0 Å². The molecule has 0 unspecified atom stereocenters. The predicted octanol–water partition coefficient (Wildman–Crippen LogP) is 2.79. The van der Waals surface area contributed by atoms with Gasteiger partial charge in [-0.25, -0.2) is 9.18 Å². The molecule has 1 aromatic carbocycles. The summed E-state index contributed by atoms with van der Waals surface area (Å²) in [7, 11) is 0. The average molecular weight is 330 g/mol. The zero-order valence-electron chi connectivity index (χ0n) is 8.31. The smallest absolute Gasteiger partial charge is 0.471 e. The number of benzene rings is 1. The number of hydrogen-bond acceptors (Lipinski definition) is 2. The summed E-state index contributed by atoms with van der Waals surface area (Å²) in [4.78, 5) is 21.2. The number of carboxylic acids is 1. The number of aromatic carboxylic acids is 1. The Kier molecular flexibility index (Phi) is 3.95. The fourth-order valence-corrected chi connectivity index (χ4v) is 1.48. The Hall–Kier alpha value is -1.64. The summed E-state index contributed by atoms with van der Waals surface area (Å²) in [5.41, 5.74) is -1.34. The summed E-state index contributed by atoms with van der Waals surface area (Å²) >= 11 is 2.63. The van der Waals surface area contributed by atoms with Crippen LogP contribution in [0.3, 0.4) is 0 Å². The number of rotatable bonds is 2. The molecule has 9 heteroatoms. The normalized spacial score (nSPS) is 11.2. The first-order chi connectivity index (χ1) is 8.12. The topological polar surface area (TPSA) is 66.4 Å². The van der Waals surface area contributed by atoms with Gasteiger partial charge in [-0.2, -0.15) is 13.2 Å². The summed E-state index contributed by atoms with van der Waals surface area (Å²) in [5, 5.41) is 10.0. The van der Waals surface area contributed by atoms with E-state index in [0.717, 1.165) is 6.07 Å². The molecule has 0 heterocycles. The van der Waals surface area contributed by atoms with Crippen LogP contribution in [0, 0.1) is 5.82 Å². The fourth-order valence-electron chi connectivity index (χ4n) is 1.02. The van der Waals surface area contributed by atoms with Crippen molar-refractivity contribution in [1.29, 1.82) is 0 Å². The first kappa shape index (κ1) is 14.4. The van der Waals surface area contributed by atoms with Gasteiger partial charge in [-0.3, -0.25) is 4.79 Å². The van der Waals surface area contributed by atoms with Crippen molar-refractivity contribution in [1.82, 2.24) is 0 Å². The molecule has 0 spiro atoms. The highest BCUT2D eigenvalue weighted by atomic mass is 79.9. The van der Waals surface area contributed by atoms with E-state index in [4.69, 9.17) is 5.11 Å². The largest absolute Gasteiger partial charge is 0.478 e. The van der Waals surface area contributed by atoms with Gasteiger partial charge in [-0.05, 0) is 28.1 Å². The molecule has 4 nitrogen and oxygen atoms in total. The van der Waals surface area contributed by atoms with Crippen molar-refractivity contribution < 1.29 is 32.3 Å². The number of hydrogen-bond donors (Lipinski definition) is 2. The van der Waals surface area contributed by atoms with E-state index in [0.29, 0.717) is 6.07 Å². The van der Waals surface area contributed by atoms with Crippen LogP contribution in [0.1, 0.15) is 10.4 Å². The quantitative estimate of drug-likeness (QED) is 0.820. The lowest BCUT2D eigenvalue weighted by atomic mass is 10.2. The number of carboxylic acid groups (broad SMARTS) is 1. The Labute approximate surface area is 106 Å². The molecule has 98 valence electrons. The molecule has 1 aromatic rings. The van der Waals surface area contributed by atoms with Crippen LogP contribution in [0.15, 0.2) is 16.6 Å². The highest BCUT2D eigenvalue weighted by Gasteiger charge is 2.38. The van der Waals surface area contributed by atoms with Crippen LogP contribution >= 0.6 is 15.9 Å². The van der Waals surface area contributed by atoms with Crippen LogP contribution in [-0.4, -0.2) is 23.2 Å². The Bertz CT molecular complexity index is 515. The molecule has 0 fully saturated rings. The molecule has 0 radical (unpaired) electrons. The lowest BCUT2D eigenvalue weighted by Gasteiger charge is -2.09. The van der Waals surface area contributed by atoms with E-state index in [1.807, 2.05) is 0 Å². The number of carbonyl (C=O) groups is 2. The molecular weight excluding hydrogens is 326 g/mol. The molecule has 2 N–H and O–H groups in total. The third kappa shape index (κ3) is 3.19. The minimum Gasteiger partial charge on any atom is -0.478 e. The Morgan fingerprint density at radius 2 is 1.83 bits per heavy atom. The van der Waals surface area contributed by atoms with Crippen molar-refractivity contribution in [2.45, 2.75) is 6.18 Å². The van der Waals surface area contributed by atoms with Gasteiger partial charge < -0.3 is 10.4 Å². The van der Waals surface area contributed by atoms with Crippen molar-refractivity contribution in [2.75, 3.05) is 5.32 Å². The Morgan fingerprint density at radius 3 is 2.28 bits per heavy atom. The summed E-state index contributed by atoms with van der Waals surface area (Å²) < 4.78 is 48.7. The van der Waals surface area contributed by atoms with Crippen LogP contribution < -0.4 is 5.32 Å². The molecule has 1 amide bonds. The SMILES string of the molecule is O=C(O)c1cc(NC(=O)C(F)(F)F)cc(Br)c1F. The number of amides is 1. The van der Waals surface area contributed by atoms with Gasteiger partial charge in [0.05, 0.1) is 10.0 Å². The minimum atomic E-state index is -5.12. The number of halogens is 5. The fraction of sp³-hybridized carbons (Fsp3) is 0.111. The Morgan fingerprint density at radius 1 is 1.28 bits per heavy atom. The lowest BCUT2D eigenvalue weighted by Crippen LogP contribution is -2.30. The first-order valence-corrected chi connectivity index (χ1v) is 5.02. The Balaban J connectivity index is 3.13. The lowest BCUT2D eigenvalue weighted by molar-refractivity contribution is -0.167. The molecule has 0 aliphatic heterocycles. The van der Waals surface area contributed by atoms with E-state index in [9.17, 15) is 27.2 Å². The van der Waals surface area contributed by atoms with Crippen molar-refractivity contribution in [3.05, 3.63) is 28.0 Å². The van der Waals surface area contributed by atoms with Gasteiger partial charge in [0.1, 0.15) is 0 Å². The molecule has 0 bridgehead atoms. The van der Waals surface area contributed by atoms with Crippen LogP contribution in [0.2, 0.25) is 0 Å². The van der Waals surface area contributed by atoms with E-state index in [1.165, 1.54) is 5.32 Å². The van der Waals surface area contributed by atoms with E-state index in [2.05, 4.69) is 15.9 Å². The summed E-state index contributed by atoms with van der Waals surface area (Å²) in [6.45, 7) is 0. The number of anilines is 1.